The third-order valence-electron chi connectivity index (χ3n) is 8.22. The summed E-state index contributed by atoms with van der Waals surface area (Å²) < 4.78 is 19.7. The summed E-state index contributed by atoms with van der Waals surface area (Å²) in [4.78, 5) is 13.6. The van der Waals surface area contributed by atoms with Crippen LogP contribution < -0.4 is 4.43 Å². The van der Waals surface area contributed by atoms with Crippen LogP contribution in [0.3, 0.4) is 0 Å². The summed E-state index contributed by atoms with van der Waals surface area (Å²) in [7, 11) is -6.54. The van der Waals surface area contributed by atoms with Gasteiger partial charge >= 0.3 is 5.97 Å². The van der Waals surface area contributed by atoms with Crippen molar-refractivity contribution >= 4 is 30.9 Å². The van der Waals surface area contributed by atoms with E-state index in [1.54, 1.807) is 0 Å². The van der Waals surface area contributed by atoms with Crippen molar-refractivity contribution in [2.24, 2.45) is 0 Å². The van der Waals surface area contributed by atoms with Crippen molar-refractivity contribution in [1.82, 2.24) is 0 Å². The van der Waals surface area contributed by atoms with E-state index in [2.05, 4.69) is 108 Å². The number of hydrogen-bond donors (Lipinski definition) is 0. The van der Waals surface area contributed by atoms with Crippen LogP contribution >= 0.6 is 0 Å². The van der Waals surface area contributed by atoms with Gasteiger partial charge in [0, 0.05) is 6.42 Å². The highest BCUT2D eigenvalue weighted by molar-refractivity contribution is 6.76. The maximum absolute atomic E-state index is 13.6. The van der Waals surface area contributed by atoms with Crippen LogP contribution in [0, 0.1) is 0 Å². The molecule has 0 amide bonds. The molecule has 1 aromatic rings. The second kappa shape index (κ2) is 10.2. The van der Waals surface area contributed by atoms with Crippen LogP contribution in [0.1, 0.15) is 67.9 Å². The molecule has 0 aliphatic carbocycles. The van der Waals surface area contributed by atoms with E-state index < -0.39 is 31.1 Å². The van der Waals surface area contributed by atoms with Gasteiger partial charge in [-0.25, -0.2) is 0 Å². The molecule has 1 aromatic carbocycles. The zero-order valence-electron chi connectivity index (χ0n) is 24.7. The van der Waals surface area contributed by atoms with E-state index in [1.807, 2.05) is 18.2 Å². The largest absolute Gasteiger partial charge is 0.543 e. The fraction of sp³-hybridized carbons (Fsp3) is 0.741. The SMILES string of the molecule is CC(C)(C)[Si](C)(C)OC(=O)C(Cc1ccccc1O[Si](C)(C)C(C)(C)C)O[Si](C)(C)C(C)(C)C. The van der Waals surface area contributed by atoms with Crippen LogP contribution in [0.2, 0.25) is 54.4 Å². The summed E-state index contributed by atoms with van der Waals surface area (Å²) >= 11 is 0. The lowest BCUT2D eigenvalue weighted by Gasteiger charge is -2.41. The predicted octanol–water partition coefficient (Wildman–Crippen LogP) is 8.55. The molecule has 1 atom stereocenters. The molecule has 0 bridgehead atoms. The van der Waals surface area contributed by atoms with Crippen LogP contribution in [0.4, 0.5) is 0 Å². The van der Waals surface area contributed by atoms with Crippen molar-refractivity contribution in [1.29, 1.82) is 0 Å². The summed E-state index contributed by atoms with van der Waals surface area (Å²) in [5.41, 5.74) is 1.00. The summed E-state index contributed by atoms with van der Waals surface area (Å²) in [6.07, 6.45) is -0.204. The fourth-order valence-electron chi connectivity index (χ4n) is 2.58. The Hall–Kier alpha value is -0.899. The zero-order valence-corrected chi connectivity index (χ0v) is 27.7. The predicted molar refractivity (Wildman–Crippen MR) is 153 cm³/mol. The third-order valence-corrected chi connectivity index (χ3v) is 21.4. The molecule has 0 radical (unpaired) electrons. The van der Waals surface area contributed by atoms with E-state index >= 15 is 0 Å². The van der Waals surface area contributed by atoms with E-state index in [0.29, 0.717) is 6.42 Å². The smallest absolute Gasteiger partial charge is 0.321 e. The van der Waals surface area contributed by atoms with Gasteiger partial charge in [0.25, 0.3) is 8.32 Å². The number of carbonyl (C=O) groups is 1. The quantitative estimate of drug-likeness (QED) is 0.319. The van der Waals surface area contributed by atoms with Crippen molar-refractivity contribution in [3.8, 4) is 5.75 Å². The number of rotatable bonds is 8. The molecule has 0 aliphatic rings. The molecule has 0 fully saturated rings. The lowest BCUT2D eigenvalue weighted by atomic mass is 10.1. The first-order valence-corrected chi connectivity index (χ1v) is 21.3. The third kappa shape index (κ3) is 7.80. The summed E-state index contributed by atoms with van der Waals surface area (Å²) in [6.45, 7) is 32.9. The molecule has 0 heterocycles. The number of para-hydroxylation sites is 1. The van der Waals surface area contributed by atoms with Gasteiger partial charge in [-0.15, -0.1) is 0 Å². The molecule has 196 valence electrons. The second-order valence-electron chi connectivity index (χ2n) is 14.2. The first-order valence-electron chi connectivity index (χ1n) is 12.6. The van der Waals surface area contributed by atoms with E-state index in [-0.39, 0.29) is 21.1 Å². The minimum atomic E-state index is -2.28. The monoisotopic (exact) mass is 524 g/mol. The van der Waals surface area contributed by atoms with Crippen molar-refractivity contribution in [2.75, 3.05) is 0 Å². The minimum absolute atomic E-state index is 0.0142. The highest BCUT2D eigenvalue weighted by Gasteiger charge is 2.45. The van der Waals surface area contributed by atoms with Crippen LogP contribution in [-0.4, -0.2) is 37.0 Å². The maximum Gasteiger partial charge on any atom is 0.321 e. The van der Waals surface area contributed by atoms with Gasteiger partial charge in [0.15, 0.2) is 8.32 Å². The van der Waals surface area contributed by atoms with E-state index in [4.69, 9.17) is 13.3 Å². The number of carbonyl (C=O) groups excluding carboxylic acids is 1. The van der Waals surface area contributed by atoms with Gasteiger partial charge in [-0.2, -0.15) is 0 Å². The van der Waals surface area contributed by atoms with Crippen LogP contribution in [-0.2, 0) is 20.1 Å². The summed E-state index contributed by atoms with van der Waals surface area (Å²) in [6, 6.07) is 8.10. The first-order chi connectivity index (χ1) is 14.9. The average molecular weight is 525 g/mol. The van der Waals surface area contributed by atoms with Gasteiger partial charge in [-0.3, -0.25) is 4.79 Å². The normalized spacial score (nSPS) is 15.1. The molecular formula is C27H52O4Si3. The Balaban J connectivity index is 3.40. The average Bonchev–Trinajstić information content (AvgIpc) is 2.59. The zero-order chi connectivity index (χ0) is 27.0. The first kappa shape index (κ1) is 31.1. The summed E-state index contributed by atoms with van der Waals surface area (Å²) in [5.74, 6) is 0.622. The highest BCUT2D eigenvalue weighted by atomic mass is 28.4. The van der Waals surface area contributed by atoms with Gasteiger partial charge in [0.05, 0.1) is 0 Å². The van der Waals surface area contributed by atoms with Gasteiger partial charge in [0.1, 0.15) is 11.9 Å². The van der Waals surface area contributed by atoms with Crippen LogP contribution in [0.25, 0.3) is 0 Å². The molecule has 1 rings (SSSR count). The lowest BCUT2D eigenvalue weighted by Crippen LogP contribution is -2.50. The minimum Gasteiger partial charge on any atom is -0.543 e. The highest BCUT2D eigenvalue weighted by Crippen LogP contribution is 2.41. The molecule has 0 saturated heterocycles. The van der Waals surface area contributed by atoms with Gasteiger partial charge in [-0.05, 0) is 66.0 Å². The van der Waals surface area contributed by atoms with E-state index in [0.717, 1.165) is 11.3 Å². The Kier molecular flexibility index (Phi) is 9.36. The topological polar surface area (TPSA) is 44.8 Å². The molecule has 34 heavy (non-hydrogen) atoms. The van der Waals surface area contributed by atoms with Crippen LogP contribution in [0.15, 0.2) is 24.3 Å². The molecule has 0 saturated carbocycles. The Morgan fingerprint density at radius 2 is 1.18 bits per heavy atom. The molecule has 7 heteroatoms. The Labute approximate surface area is 213 Å². The van der Waals surface area contributed by atoms with Crippen molar-refractivity contribution in [3.05, 3.63) is 29.8 Å². The molecule has 1 unspecified atom stereocenters. The number of hydrogen-bond acceptors (Lipinski definition) is 4. The van der Waals surface area contributed by atoms with Crippen molar-refractivity contribution in [2.45, 2.75) is 129 Å². The van der Waals surface area contributed by atoms with Crippen LogP contribution in [0.5, 0.6) is 5.75 Å². The molecule has 4 nitrogen and oxygen atoms in total. The van der Waals surface area contributed by atoms with Crippen molar-refractivity contribution < 1.29 is 18.1 Å². The Bertz CT molecular complexity index is 841. The summed E-state index contributed by atoms with van der Waals surface area (Å²) in [5, 5.41) is 0.00557. The van der Waals surface area contributed by atoms with E-state index in [1.165, 1.54) is 0 Å². The van der Waals surface area contributed by atoms with Crippen molar-refractivity contribution in [3.63, 3.8) is 0 Å². The Morgan fingerprint density at radius 3 is 1.62 bits per heavy atom. The molecule has 0 N–H and O–H groups in total. The fourth-order valence-corrected chi connectivity index (χ4v) is 5.82. The number of benzene rings is 1. The maximum atomic E-state index is 13.6. The van der Waals surface area contributed by atoms with Gasteiger partial charge in [0.2, 0.25) is 8.32 Å². The second-order valence-corrected chi connectivity index (χ2v) is 28.4. The molecule has 0 aromatic heterocycles. The molecular weight excluding hydrogens is 473 g/mol. The Morgan fingerprint density at radius 1 is 0.735 bits per heavy atom. The van der Waals surface area contributed by atoms with Gasteiger partial charge < -0.3 is 13.3 Å². The van der Waals surface area contributed by atoms with Gasteiger partial charge in [-0.1, -0.05) is 80.5 Å². The molecule has 0 aliphatic heterocycles. The molecule has 0 spiro atoms. The van der Waals surface area contributed by atoms with E-state index in [9.17, 15) is 4.79 Å². The lowest BCUT2D eigenvalue weighted by molar-refractivity contribution is -0.144. The standard InChI is InChI=1S/C27H52O4Si3/c1-25(2,3)32(10,11)29-22-19-17-16-18-21(22)20-23(30-33(12,13)26(4,5)6)24(28)31-34(14,15)27(7,8)9/h16-19,23H,20H2,1-15H3.